The lowest BCUT2D eigenvalue weighted by atomic mass is 10.1. The molecule has 0 N–H and O–H groups in total. The standard InChI is InChI=1S/C12H10BrClO2/c1-2-3-8-11(14)9-6-7(13)4-5-10(9)16-12(8)15/h4-6H,2-3H2,1H3. The van der Waals surface area contributed by atoms with Crippen molar-refractivity contribution in [2.45, 2.75) is 19.8 Å². The molecule has 2 nitrogen and oxygen atoms in total. The van der Waals surface area contributed by atoms with Gasteiger partial charge in [-0.1, -0.05) is 40.9 Å². The Hall–Kier alpha value is -0.800. The molecule has 0 aliphatic carbocycles. The number of fused-ring (bicyclic) bond motifs is 1. The Morgan fingerprint density at radius 3 is 2.88 bits per heavy atom. The second kappa shape index (κ2) is 4.60. The first-order valence-corrected chi connectivity index (χ1v) is 6.21. The summed E-state index contributed by atoms with van der Waals surface area (Å²) in [5.74, 6) is 0. The third-order valence-electron chi connectivity index (χ3n) is 2.39. The quantitative estimate of drug-likeness (QED) is 0.780. The van der Waals surface area contributed by atoms with E-state index in [1.54, 1.807) is 6.07 Å². The van der Waals surface area contributed by atoms with Gasteiger partial charge in [-0.05, 0) is 24.6 Å². The minimum absolute atomic E-state index is 0.332. The van der Waals surface area contributed by atoms with E-state index in [1.807, 2.05) is 19.1 Å². The maximum absolute atomic E-state index is 11.7. The molecule has 0 amide bonds. The number of benzene rings is 1. The van der Waals surface area contributed by atoms with Crippen molar-refractivity contribution in [2.24, 2.45) is 0 Å². The summed E-state index contributed by atoms with van der Waals surface area (Å²) >= 11 is 9.59. The van der Waals surface area contributed by atoms with Crippen LogP contribution in [0.4, 0.5) is 0 Å². The SMILES string of the molecule is CCCc1c(Cl)c2cc(Br)ccc2oc1=O. The lowest BCUT2D eigenvalue weighted by Gasteiger charge is -2.05. The first kappa shape index (κ1) is 11.7. The fourth-order valence-corrected chi connectivity index (χ4v) is 2.32. The van der Waals surface area contributed by atoms with Crippen molar-refractivity contribution in [1.82, 2.24) is 0 Å². The first-order chi connectivity index (χ1) is 7.63. The molecule has 0 saturated carbocycles. The fourth-order valence-electron chi connectivity index (χ4n) is 1.64. The van der Waals surface area contributed by atoms with Gasteiger partial charge in [-0.2, -0.15) is 0 Å². The first-order valence-electron chi connectivity index (χ1n) is 5.04. The molecular formula is C12H10BrClO2. The highest BCUT2D eigenvalue weighted by Crippen LogP contribution is 2.28. The van der Waals surface area contributed by atoms with E-state index < -0.39 is 0 Å². The van der Waals surface area contributed by atoms with Gasteiger partial charge in [-0.15, -0.1) is 0 Å². The van der Waals surface area contributed by atoms with Gasteiger partial charge >= 0.3 is 5.63 Å². The molecule has 84 valence electrons. The second-order valence-electron chi connectivity index (χ2n) is 3.57. The Kier molecular flexibility index (Phi) is 3.36. The molecule has 1 heterocycles. The van der Waals surface area contributed by atoms with Gasteiger partial charge in [-0.3, -0.25) is 0 Å². The molecular weight excluding hydrogens is 291 g/mol. The van der Waals surface area contributed by atoms with E-state index in [9.17, 15) is 4.79 Å². The molecule has 0 bridgehead atoms. The summed E-state index contributed by atoms with van der Waals surface area (Å²) < 4.78 is 6.14. The van der Waals surface area contributed by atoms with Crippen LogP contribution in [-0.2, 0) is 6.42 Å². The number of hydrogen-bond donors (Lipinski definition) is 0. The van der Waals surface area contributed by atoms with E-state index in [0.29, 0.717) is 22.6 Å². The lowest BCUT2D eigenvalue weighted by Crippen LogP contribution is -2.08. The van der Waals surface area contributed by atoms with Crippen molar-refractivity contribution in [3.63, 3.8) is 0 Å². The second-order valence-corrected chi connectivity index (χ2v) is 4.87. The van der Waals surface area contributed by atoms with Crippen molar-refractivity contribution in [2.75, 3.05) is 0 Å². The van der Waals surface area contributed by atoms with Gasteiger partial charge in [0, 0.05) is 9.86 Å². The normalized spacial score (nSPS) is 10.9. The smallest absolute Gasteiger partial charge is 0.340 e. The average molecular weight is 302 g/mol. The third kappa shape index (κ3) is 2.02. The van der Waals surface area contributed by atoms with E-state index in [1.165, 1.54) is 0 Å². The maximum Gasteiger partial charge on any atom is 0.340 e. The van der Waals surface area contributed by atoms with Crippen LogP contribution in [0, 0.1) is 0 Å². The van der Waals surface area contributed by atoms with E-state index >= 15 is 0 Å². The Morgan fingerprint density at radius 1 is 1.44 bits per heavy atom. The average Bonchev–Trinajstić information content (AvgIpc) is 2.26. The number of halogens is 2. The molecule has 2 aromatic rings. The molecule has 0 unspecified atom stereocenters. The van der Waals surface area contributed by atoms with Crippen molar-refractivity contribution in [3.8, 4) is 0 Å². The van der Waals surface area contributed by atoms with Crippen molar-refractivity contribution >= 4 is 38.5 Å². The Bertz CT molecular complexity index is 589. The molecule has 0 aliphatic rings. The molecule has 16 heavy (non-hydrogen) atoms. The zero-order valence-corrected chi connectivity index (χ0v) is 11.1. The Balaban J connectivity index is 2.79. The maximum atomic E-state index is 11.7. The molecule has 0 saturated heterocycles. The van der Waals surface area contributed by atoms with Gasteiger partial charge in [0.25, 0.3) is 0 Å². The van der Waals surface area contributed by atoms with E-state index in [4.69, 9.17) is 16.0 Å². The summed E-state index contributed by atoms with van der Waals surface area (Å²) in [6, 6.07) is 5.42. The molecule has 1 aromatic heterocycles. The monoisotopic (exact) mass is 300 g/mol. The summed E-state index contributed by atoms with van der Waals surface area (Å²) in [4.78, 5) is 11.7. The zero-order chi connectivity index (χ0) is 11.7. The third-order valence-corrected chi connectivity index (χ3v) is 3.32. The Labute approximate surface area is 106 Å². The van der Waals surface area contributed by atoms with Crippen LogP contribution in [0.25, 0.3) is 11.0 Å². The van der Waals surface area contributed by atoms with Crippen molar-refractivity contribution < 1.29 is 4.42 Å². The summed E-state index contributed by atoms with van der Waals surface area (Å²) in [7, 11) is 0. The van der Waals surface area contributed by atoms with E-state index in [0.717, 1.165) is 16.3 Å². The summed E-state index contributed by atoms with van der Waals surface area (Å²) in [5, 5.41) is 1.29. The van der Waals surface area contributed by atoms with Crippen LogP contribution >= 0.6 is 27.5 Å². The van der Waals surface area contributed by atoms with Gasteiger partial charge in [0.2, 0.25) is 0 Å². The van der Waals surface area contributed by atoms with Gasteiger partial charge < -0.3 is 4.42 Å². The molecule has 4 heteroatoms. The summed E-state index contributed by atoms with van der Waals surface area (Å²) in [6.07, 6.45) is 1.51. The zero-order valence-electron chi connectivity index (χ0n) is 8.72. The van der Waals surface area contributed by atoms with Crippen LogP contribution in [0.2, 0.25) is 5.02 Å². The molecule has 2 rings (SSSR count). The van der Waals surface area contributed by atoms with Gasteiger partial charge in [0.15, 0.2) is 0 Å². The minimum Gasteiger partial charge on any atom is -0.422 e. The minimum atomic E-state index is -0.332. The molecule has 0 fully saturated rings. The number of hydrogen-bond acceptors (Lipinski definition) is 2. The summed E-state index contributed by atoms with van der Waals surface area (Å²) in [5.41, 5.74) is 0.759. The van der Waals surface area contributed by atoms with Crippen LogP contribution < -0.4 is 5.63 Å². The predicted octanol–water partition coefficient (Wildman–Crippen LogP) is 4.16. The highest BCUT2D eigenvalue weighted by molar-refractivity contribution is 9.10. The topological polar surface area (TPSA) is 30.2 Å². The molecule has 0 aliphatic heterocycles. The Morgan fingerprint density at radius 2 is 2.19 bits per heavy atom. The van der Waals surface area contributed by atoms with Gasteiger partial charge in [0.1, 0.15) is 5.58 Å². The number of rotatable bonds is 2. The van der Waals surface area contributed by atoms with Crippen LogP contribution in [0.15, 0.2) is 31.9 Å². The predicted molar refractivity (Wildman–Crippen MR) is 69.2 cm³/mol. The van der Waals surface area contributed by atoms with Crippen LogP contribution in [0.1, 0.15) is 18.9 Å². The largest absolute Gasteiger partial charge is 0.422 e. The van der Waals surface area contributed by atoms with Crippen LogP contribution in [-0.4, -0.2) is 0 Å². The van der Waals surface area contributed by atoms with Crippen molar-refractivity contribution in [3.05, 3.63) is 43.7 Å². The molecule has 0 atom stereocenters. The van der Waals surface area contributed by atoms with Gasteiger partial charge in [-0.25, -0.2) is 4.79 Å². The van der Waals surface area contributed by atoms with Crippen LogP contribution in [0.3, 0.4) is 0 Å². The van der Waals surface area contributed by atoms with Crippen molar-refractivity contribution in [1.29, 1.82) is 0 Å². The van der Waals surface area contributed by atoms with Gasteiger partial charge in [0.05, 0.1) is 10.6 Å². The lowest BCUT2D eigenvalue weighted by molar-refractivity contribution is 0.549. The summed E-state index contributed by atoms with van der Waals surface area (Å²) in [6.45, 7) is 2.00. The van der Waals surface area contributed by atoms with E-state index in [-0.39, 0.29) is 5.63 Å². The molecule has 0 radical (unpaired) electrons. The molecule has 0 spiro atoms. The molecule has 1 aromatic carbocycles. The van der Waals surface area contributed by atoms with Crippen LogP contribution in [0.5, 0.6) is 0 Å². The highest BCUT2D eigenvalue weighted by Gasteiger charge is 2.12. The highest BCUT2D eigenvalue weighted by atomic mass is 79.9. The van der Waals surface area contributed by atoms with E-state index in [2.05, 4.69) is 15.9 Å². The fraction of sp³-hybridized carbons (Fsp3) is 0.250.